The molecule has 0 saturated heterocycles. The van der Waals surface area contributed by atoms with Gasteiger partial charge in [0.05, 0.1) is 0 Å². The van der Waals surface area contributed by atoms with Crippen LogP contribution in [0.15, 0.2) is 0 Å². The molecule has 10 heavy (non-hydrogen) atoms. The van der Waals surface area contributed by atoms with Crippen molar-refractivity contribution in [2.75, 3.05) is 33.9 Å². The Kier molecular flexibility index (Phi) is 5.58. The Bertz CT molecular complexity index is 68.0. The van der Waals surface area contributed by atoms with Gasteiger partial charge in [0.2, 0.25) is 0 Å². The van der Waals surface area contributed by atoms with Crippen LogP contribution < -0.4 is 0 Å². The normalized spacial score (nSPS) is 11.4. The largest absolute Gasteiger partial charge is 0.284 e. The molecule has 0 unspecified atom stereocenters. The summed E-state index contributed by atoms with van der Waals surface area (Å²) in [6.07, 6.45) is 0. The molecule has 0 rings (SSSR count). The van der Waals surface area contributed by atoms with Crippen molar-refractivity contribution in [3.05, 3.63) is 0 Å². The monoisotopic (exact) mass is 146 g/mol. The first-order chi connectivity index (χ1) is 4.70. The van der Waals surface area contributed by atoms with Crippen LogP contribution in [-0.2, 0) is 4.84 Å². The van der Waals surface area contributed by atoms with Crippen LogP contribution in [-0.4, -0.2) is 43.9 Å². The standard InChI is InChI=1S/C7H18N2O/c1-5-8(3)7-10-9(4)6-2/h5-7H2,1-4H3. The highest BCUT2D eigenvalue weighted by molar-refractivity contribution is 4.34. The van der Waals surface area contributed by atoms with Gasteiger partial charge in [-0.15, -0.1) is 0 Å². The van der Waals surface area contributed by atoms with Crippen LogP contribution >= 0.6 is 0 Å². The van der Waals surface area contributed by atoms with Gasteiger partial charge in [0.15, 0.2) is 0 Å². The molecule has 0 spiro atoms. The highest BCUT2D eigenvalue weighted by Gasteiger charge is 1.96. The van der Waals surface area contributed by atoms with Crippen molar-refractivity contribution in [2.45, 2.75) is 13.8 Å². The minimum Gasteiger partial charge on any atom is -0.284 e. The van der Waals surface area contributed by atoms with Crippen LogP contribution in [0.2, 0.25) is 0 Å². The van der Waals surface area contributed by atoms with Crippen LogP contribution in [0.25, 0.3) is 0 Å². The molecule has 0 aliphatic rings. The Labute approximate surface area is 63.5 Å². The molecule has 3 nitrogen and oxygen atoms in total. The molecule has 0 atom stereocenters. The molecule has 0 aromatic rings. The van der Waals surface area contributed by atoms with E-state index in [4.69, 9.17) is 4.84 Å². The van der Waals surface area contributed by atoms with Gasteiger partial charge in [-0.2, -0.15) is 5.06 Å². The second-order valence-corrected chi connectivity index (χ2v) is 2.37. The zero-order valence-electron chi connectivity index (χ0n) is 7.42. The van der Waals surface area contributed by atoms with Gasteiger partial charge in [-0.3, -0.25) is 9.74 Å². The van der Waals surface area contributed by atoms with E-state index in [0.717, 1.165) is 13.1 Å². The Morgan fingerprint density at radius 1 is 1.10 bits per heavy atom. The average Bonchev–Trinajstić information content (AvgIpc) is 1.99. The lowest BCUT2D eigenvalue weighted by atomic mass is 10.7. The van der Waals surface area contributed by atoms with E-state index in [-0.39, 0.29) is 0 Å². The van der Waals surface area contributed by atoms with Crippen molar-refractivity contribution in [1.82, 2.24) is 9.96 Å². The predicted octanol–water partition coefficient (Wildman–Crippen LogP) is 0.779. The van der Waals surface area contributed by atoms with Crippen LogP contribution in [0.3, 0.4) is 0 Å². The highest BCUT2D eigenvalue weighted by Crippen LogP contribution is 1.86. The van der Waals surface area contributed by atoms with Gasteiger partial charge in [-0.05, 0) is 13.6 Å². The summed E-state index contributed by atoms with van der Waals surface area (Å²) in [7, 11) is 3.97. The van der Waals surface area contributed by atoms with Gasteiger partial charge in [0.25, 0.3) is 0 Å². The van der Waals surface area contributed by atoms with E-state index in [2.05, 4.69) is 18.7 Å². The van der Waals surface area contributed by atoms with Crippen molar-refractivity contribution in [3.8, 4) is 0 Å². The SMILES string of the molecule is CCN(C)CON(C)CC. The first-order valence-corrected chi connectivity index (χ1v) is 3.73. The van der Waals surface area contributed by atoms with Crippen molar-refractivity contribution >= 4 is 0 Å². The summed E-state index contributed by atoms with van der Waals surface area (Å²) in [6, 6.07) is 0. The minimum atomic E-state index is 0.681. The van der Waals surface area contributed by atoms with Gasteiger partial charge < -0.3 is 0 Å². The van der Waals surface area contributed by atoms with E-state index >= 15 is 0 Å². The lowest BCUT2D eigenvalue weighted by molar-refractivity contribution is -0.168. The summed E-state index contributed by atoms with van der Waals surface area (Å²) in [5.41, 5.74) is 0. The average molecular weight is 146 g/mol. The molecule has 0 bridgehead atoms. The molecule has 62 valence electrons. The van der Waals surface area contributed by atoms with Crippen molar-refractivity contribution in [1.29, 1.82) is 0 Å². The third-order valence-electron chi connectivity index (χ3n) is 1.48. The number of rotatable bonds is 5. The predicted molar refractivity (Wildman–Crippen MR) is 42.6 cm³/mol. The molecular weight excluding hydrogens is 128 g/mol. The minimum absolute atomic E-state index is 0.681. The van der Waals surface area contributed by atoms with Crippen LogP contribution in [0, 0.1) is 0 Å². The van der Waals surface area contributed by atoms with E-state index in [0.29, 0.717) is 6.73 Å². The summed E-state index contributed by atoms with van der Waals surface area (Å²) in [6.45, 7) is 6.80. The Balaban J connectivity index is 3.17. The first kappa shape index (κ1) is 9.88. The maximum atomic E-state index is 5.30. The number of hydroxylamine groups is 2. The van der Waals surface area contributed by atoms with E-state index in [1.807, 2.05) is 19.2 Å². The fraction of sp³-hybridized carbons (Fsp3) is 1.00. The topological polar surface area (TPSA) is 15.7 Å². The zero-order valence-corrected chi connectivity index (χ0v) is 7.42. The summed E-state index contributed by atoms with van der Waals surface area (Å²) in [5, 5.41) is 1.83. The van der Waals surface area contributed by atoms with Crippen molar-refractivity contribution in [3.63, 3.8) is 0 Å². The molecule has 0 amide bonds. The van der Waals surface area contributed by atoms with E-state index in [1.165, 1.54) is 0 Å². The van der Waals surface area contributed by atoms with Crippen molar-refractivity contribution < 1.29 is 4.84 Å². The smallest absolute Gasteiger partial charge is 0.121 e. The molecule has 0 aliphatic heterocycles. The molecule has 0 saturated carbocycles. The van der Waals surface area contributed by atoms with Crippen molar-refractivity contribution in [2.24, 2.45) is 0 Å². The number of hydrogen-bond donors (Lipinski definition) is 0. The molecule has 3 heteroatoms. The van der Waals surface area contributed by atoms with Gasteiger partial charge >= 0.3 is 0 Å². The van der Waals surface area contributed by atoms with Crippen LogP contribution in [0.5, 0.6) is 0 Å². The molecule has 0 heterocycles. The molecule has 0 aliphatic carbocycles. The number of nitrogens with zero attached hydrogens (tertiary/aromatic N) is 2. The second kappa shape index (κ2) is 5.65. The highest BCUT2D eigenvalue weighted by atomic mass is 16.7. The molecule has 0 aromatic heterocycles. The summed E-state index contributed by atoms with van der Waals surface area (Å²) in [5.74, 6) is 0. The summed E-state index contributed by atoms with van der Waals surface area (Å²) < 4.78 is 0. The lowest BCUT2D eigenvalue weighted by Crippen LogP contribution is -2.28. The maximum absolute atomic E-state index is 5.30. The lowest BCUT2D eigenvalue weighted by Gasteiger charge is -2.19. The molecule has 0 N–H and O–H groups in total. The third kappa shape index (κ3) is 4.73. The quantitative estimate of drug-likeness (QED) is 0.421. The number of hydrogen-bond acceptors (Lipinski definition) is 3. The molecule has 0 radical (unpaired) electrons. The van der Waals surface area contributed by atoms with Gasteiger partial charge in [0.1, 0.15) is 6.73 Å². The van der Waals surface area contributed by atoms with E-state index < -0.39 is 0 Å². The molecule has 0 fully saturated rings. The second-order valence-electron chi connectivity index (χ2n) is 2.37. The zero-order chi connectivity index (χ0) is 7.98. The van der Waals surface area contributed by atoms with Crippen LogP contribution in [0.4, 0.5) is 0 Å². The first-order valence-electron chi connectivity index (χ1n) is 3.73. The fourth-order valence-electron chi connectivity index (χ4n) is 0.380. The molecular formula is C7H18N2O. The molecule has 0 aromatic carbocycles. The Hall–Kier alpha value is -0.120. The Morgan fingerprint density at radius 3 is 2.10 bits per heavy atom. The van der Waals surface area contributed by atoms with Gasteiger partial charge in [-0.1, -0.05) is 13.8 Å². The van der Waals surface area contributed by atoms with Crippen LogP contribution in [0.1, 0.15) is 13.8 Å². The maximum Gasteiger partial charge on any atom is 0.121 e. The summed E-state index contributed by atoms with van der Waals surface area (Å²) in [4.78, 5) is 7.41. The van der Waals surface area contributed by atoms with E-state index in [9.17, 15) is 0 Å². The van der Waals surface area contributed by atoms with Gasteiger partial charge in [0, 0.05) is 13.6 Å². The third-order valence-corrected chi connectivity index (χ3v) is 1.48. The van der Waals surface area contributed by atoms with E-state index in [1.54, 1.807) is 0 Å². The summed E-state index contributed by atoms with van der Waals surface area (Å²) >= 11 is 0. The Morgan fingerprint density at radius 2 is 1.70 bits per heavy atom. The fourth-order valence-corrected chi connectivity index (χ4v) is 0.380. The van der Waals surface area contributed by atoms with Gasteiger partial charge in [-0.25, -0.2) is 0 Å².